The van der Waals surface area contributed by atoms with Crippen molar-refractivity contribution in [2.45, 2.75) is 53.5 Å². The Kier molecular flexibility index (Phi) is 8.74. The van der Waals surface area contributed by atoms with E-state index in [2.05, 4.69) is 35.5 Å². The minimum Gasteiger partial charge on any atom is -0.304 e. The van der Waals surface area contributed by atoms with Crippen LogP contribution < -0.4 is 0 Å². The van der Waals surface area contributed by atoms with E-state index in [-0.39, 0.29) is 0 Å². The molecule has 0 amide bonds. The maximum Gasteiger partial charge on any atom is 0.0195 e. The van der Waals surface area contributed by atoms with Crippen molar-refractivity contribution < 1.29 is 0 Å². The lowest BCUT2D eigenvalue weighted by atomic mass is 9.95. The lowest BCUT2D eigenvalue weighted by Crippen LogP contribution is -2.53. The first-order chi connectivity index (χ1) is 9.72. The molecule has 0 unspecified atom stereocenters. The van der Waals surface area contributed by atoms with Crippen LogP contribution in [0.2, 0.25) is 0 Å². The summed E-state index contributed by atoms with van der Waals surface area (Å²) in [5, 5.41) is 0. The highest BCUT2D eigenvalue weighted by Crippen LogP contribution is 2.19. The van der Waals surface area contributed by atoms with Crippen LogP contribution in [-0.2, 0) is 0 Å². The number of piperazine rings is 1. The Morgan fingerprint density at radius 2 is 1.50 bits per heavy atom. The van der Waals surface area contributed by atoms with Crippen LogP contribution in [0.4, 0.5) is 0 Å². The smallest absolute Gasteiger partial charge is 0.0195 e. The van der Waals surface area contributed by atoms with E-state index in [1.54, 1.807) is 0 Å². The molecule has 2 saturated heterocycles. The summed E-state index contributed by atoms with van der Waals surface area (Å²) >= 11 is 0. The first-order valence-corrected chi connectivity index (χ1v) is 8.91. The van der Waals surface area contributed by atoms with Gasteiger partial charge in [-0.25, -0.2) is 0 Å². The van der Waals surface area contributed by atoms with Gasteiger partial charge in [-0.2, -0.15) is 0 Å². The van der Waals surface area contributed by atoms with E-state index in [1.165, 1.54) is 65.2 Å². The summed E-state index contributed by atoms with van der Waals surface area (Å²) in [6.07, 6.45) is 2.83. The first-order valence-electron chi connectivity index (χ1n) is 8.91. The van der Waals surface area contributed by atoms with Gasteiger partial charge in [-0.05, 0) is 51.9 Å². The maximum absolute atomic E-state index is 2.71. The fraction of sp³-hybridized carbons (Fsp3) is 1.00. The summed E-state index contributed by atoms with van der Waals surface area (Å²) in [4.78, 5) is 7.91. The van der Waals surface area contributed by atoms with E-state index in [0.29, 0.717) is 0 Å². The van der Waals surface area contributed by atoms with Gasteiger partial charge < -0.3 is 9.80 Å². The van der Waals surface area contributed by atoms with E-state index in [0.717, 1.165) is 12.0 Å². The van der Waals surface area contributed by atoms with Crippen LogP contribution in [0.3, 0.4) is 0 Å². The van der Waals surface area contributed by atoms with Crippen molar-refractivity contribution >= 4 is 0 Å². The summed E-state index contributed by atoms with van der Waals surface area (Å²) in [5.74, 6) is 0.952. The molecule has 0 spiro atoms. The van der Waals surface area contributed by atoms with Gasteiger partial charge in [0.1, 0.15) is 0 Å². The highest BCUT2D eigenvalue weighted by atomic mass is 15.3. The Morgan fingerprint density at radius 3 is 2.00 bits per heavy atom. The molecule has 0 saturated carbocycles. The van der Waals surface area contributed by atoms with Crippen molar-refractivity contribution in [1.29, 1.82) is 0 Å². The molecular weight excluding hydrogens is 246 g/mol. The van der Waals surface area contributed by atoms with Crippen molar-refractivity contribution in [3.63, 3.8) is 0 Å². The van der Waals surface area contributed by atoms with Crippen LogP contribution in [-0.4, -0.2) is 73.1 Å². The fourth-order valence-electron chi connectivity index (χ4n) is 3.56. The Balaban J connectivity index is 0.000000956. The van der Waals surface area contributed by atoms with Crippen molar-refractivity contribution in [1.82, 2.24) is 14.7 Å². The van der Waals surface area contributed by atoms with Gasteiger partial charge in [0.2, 0.25) is 0 Å². The van der Waals surface area contributed by atoms with Crippen LogP contribution in [0.25, 0.3) is 0 Å². The molecule has 0 radical (unpaired) electrons. The summed E-state index contributed by atoms with van der Waals surface area (Å²) in [6.45, 7) is 21.2. The minimum atomic E-state index is 0.750. The number of nitrogens with zero attached hydrogens (tertiary/aromatic N) is 3. The van der Waals surface area contributed by atoms with Crippen LogP contribution in [0.15, 0.2) is 0 Å². The highest BCUT2D eigenvalue weighted by Gasteiger charge is 2.25. The third-order valence-corrected chi connectivity index (χ3v) is 4.93. The number of rotatable bonds is 4. The van der Waals surface area contributed by atoms with Crippen LogP contribution in [0, 0.1) is 5.92 Å². The standard InChI is InChI=1S/C15H31N3.C2H6/c1-4-16-8-6-15(7-9-16)13-17-10-11-18(5-2)14(3)12-17;1-2/h14-15H,4-13H2,1-3H3;1-2H3/t14-;/m0./s1. The Hall–Kier alpha value is -0.120. The van der Waals surface area contributed by atoms with Crippen molar-refractivity contribution in [3.05, 3.63) is 0 Å². The molecule has 2 rings (SSSR count). The zero-order valence-electron chi connectivity index (χ0n) is 14.6. The summed E-state index contributed by atoms with van der Waals surface area (Å²) in [7, 11) is 0. The van der Waals surface area contributed by atoms with Gasteiger partial charge in [0.15, 0.2) is 0 Å². The molecule has 1 atom stereocenters. The van der Waals surface area contributed by atoms with Crippen molar-refractivity contribution in [3.8, 4) is 0 Å². The average Bonchev–Trinajstić information content (AvgIpc) is 2.50. The zero-order chi connectivity index (χ0) is 15.0. The second-order valence-corrected chi connectivity index (χ2v) is 6.11. The van der Waals surface area contributed by atoms with Gasteiger partial charge in [0.25, 0.3) is 0 Å². The average molecular weight is 284 g/mol. The normalized spacial score (nSPS) is 27.1. The molecule has 3 nitrogen and oxygen atoms in total. The summed E-state index contributed by atoms with van der Waals surface area (Å²) < 4.78 is 0. The predicted octanol–water partition coefficient (Wildman–Crippen LogP) is 2.77. The second kappa shape index (κ2) is 9.75. The Bertz CT molecular complexity index is 236. The quantitative estimate of drug-likeness (QED) is 0.785. The van der Waals surface area contributed by atoms with E-state index >= 15 is 0 Å². The van der Waals surface area contributed by atoms with Crippen LogP contribution in [0.1, 0.15) is 47.5 Å². The summed E-state index contributed by atoms with van der Waals surface area (Å²) in [6, 6.07) is 0.750. The van der Waals surface area contributed by atoms with E-state index in [9.17, 15) is 0 Å². The molecule has 0 aromatic carbocycles. The second-order valence-electron chi connectivity index (χ2n) is 6.11. The number of hydrogen-bond acceptors (Lipinski definition) is 3. The molecule has 0 aromatic heterocycles. The van der Waals surface area contributed by atoms with E-state index in [4.69, 9.17) is 0 Å². The van der Waals surface area contributed by atoms with Gasteiger partial charge in [-0.15, -0.1) is 0 Å². The molecule has 0 aromatic rings. The van der Waals surface area contributed by atoms with Gasteiger partial charge in [0, 0.05) is 32.2 Å². The van der Waals surface area contributed by atoms with Crippen molar-refractivity contribution in [2.24, 2.45) is 5.92 Å². The van der Waals surface area contributed by atoms with Crippen LogP contribution in [0.5, 0.6) is 0 Å². The summed E-state index contributed by atoms with van der Waals surface area (Å²) in [5.41, 5.74) is 0. The predicted molar refractivity (Wildman–Crippen MR) is 89.3 cm³/mol. The van der Waals surface area contributed by atoms with E-state index in [1.807, 2.05) is 13.8 Å². The fourth-order valence-corrected chi connectivity index (χ4v) is 3.56. The third kappa shape index (κ3) is 5.34. The molecule has 0 N–H and O–H groups in total. The van der Waals surface area contributed by atoms with Crippen molar-refractivity contribution in [2.75, 3.05) is 52.4 Å². The lowest BCUT2D eigenvalue weighted by molar-refractivity contribution is 0.0651. The molecular formula is C17H37N3. The lowest BCUT2D eigenvalue weighted by Gasteiger charge is -2.41. The SMILES string of the molecule is CC.CCN1CCC(CN2CCN(CC)[C@@H](C)C2)CC1. The maximum atomic E-state index is 2.71. The highest BCUT2D eigenvalue weighted by molar-refractivity contribution is 4.81. The van der Waals surface area contributed by atoms with E-state index < -0.39 is 0 Å². The Morgan fingerprint density at radius 1 is 0.850 bits per heavy atom. The molecule has 2 aliphatic rings. The molecule has 2 heterocycles. The number of likely N-dealkylation sites (N-methyl/N-ethyl adjacent to an activating group) is 1. The van der Waals surface area contributed by atoms with Gasteiger partial charge in [-0.1, -0.05) is 27.7 Å². The molecule has 20 heavy (non-hydrogen) atoms. The largest absolute Gasteiger partial charge is 0.304 e. The number of hydrogen-bond donors (Lipinski definition) is 0. The molecule has 0 bridgehead atoms. The molecule has 2 aliphatic heterocycles. The van der Waals surface area contributed by atoms with Crippen LogP contribution >= 0.6 is 0 Å². The topological polar surface area (TPSA) is 9.72 Å². The third-order valence-electron chi connectivity index (χ3n) is 4.93. The first kappa shape index (κ1) is 17.9. The zero-order valence-corrected chi connectivity index (χ0v) is 14.6. The van der Waals surface area contributed by atoms with Gasteiger partial charge >= 0.3 is 0 Å². The number of piperidine rings is 1. The monoisotopic (exact) mass is 283 g/mol. The molecule has 120 valence electrons. The minimum absolute atomic E-state index is 0.750. The molecule has 3 heteroatoms. The van der Waals surface area contributed by atoms with Gasteiger partial charge in [0.05, 0.1) is 0 Å². The Labute approximate surface area is 127 Å². The van der Waals surface area contributed by atoms with Gasteiger partial charge in [-0.3, -0.25) is 4.90 Å². The molecule has 2 fully saturated rings. The molecule has 0 aliphatic carbocycles. The number of likely N-dealkylation sites (tertiary alicyclic amines) is 1.